The summed E-state index contributed by atoms with van der Waals surface area (Å²) in [5.41, 5.74) is 8.11. The van der Waals surface area contributed by atoms with Gasteiger partial charge in [0.1, 0.15) is 0 Å². The molecule has 0 saturated carbocycles. The van der Waals surface area contributed by atoms with Crippen molar-refractivity contribution in [1.29, 1.82) is 0 Å². The first-order valence-corrected chi connectivity index (χ1v) is 9.01. The summed E-state index contributed by atoms with van der Waals surface area (Å²) in [7, 11) is 0. The van der Waals surface area contributed by atoms with Crippen LogP contribution in [0, 0.1) is 0 Å². The van der Waals surface area contributed by atoms with Gasteiger partial charge in [-0.1, -0.05) is 89.6 Å². The highest BCUT2D eigenvalue weighted by molar-refractivity contribution is 5.23. The first-order valence-electron chi connectivity index (χ1n) is 9.01. The largest absolute Gasteiger partial charge is 0.412 e. The molecule has 0 heterocycles. The van der Waals surface area contributed by atoms with Crippen LogP contribution in [0.5, 0.6) is 0 Å². The second-order valence-electron chi connectivity index (χ2n) is 6.46. The molecule has 1 unspecified atom stereocenters. The van der Waals surface area contributed by atoms with Crippen LogP contribution in [0.4, 0.5) is 0 Å². The summed E-state index contributed by atoms with van der Waals surface area (Å²) >= 11 is 0. The van der Waals surface area contributed by atoms with Crippen LogP contribution in [0.1, 0.15) is 90.0 Å². The summed E-state index contributed by atoms with van der Waals surface area (Å²) in [5.74, 6) is 0.500. The first kappa shape index (κ1) is 21.1. The number of rotatable bonds is 11. The first-order chi connectivity index (χ1) is 10.2. The van der Waals surface area contributed by atoms with Gasteiger partial charge in [-0.05, 0) is 24.8 Å². The summed E-state index contributed by atoms with van der Waals surface area (Å²) in [6, 6.07) is 10.9. The number of hydrogen-bond donors (Lipinski definition) is 1. The van der Waals surface area contributed by atoms with Crippen molar-refractivity contribution in [2.75, 3.05) is 0 Å². The molecule has 4 N–H and O–H groups in total. The molecule has 0 aromatic heterocycles. The Balaban J connectivity index is 0.00000441. The molecule has 1 aromatic carbocycles. The van der Waals surface area contributed by atoms with Gasteiger partial charge < -0.3 is 11.2 Å². The Kier molecular flexibility index (Phi) is 11.2. The average molecular weight is 308 g/mol. The van der Waals surface area contributed by atoms with Crippen molar-refractivity contribution >= 4 is 0 Å². The molecule has 0 aliphatic carbocycles. The van der Waals surface area contributed by atoms with E-state index in [0.29, 0.717) is 5.92 Å². The molecular weight excluding hydrogens is 270 g/mol. The van der Waals surface area contributed by atoms with Crippen LogP contribution in [-0.2, 0) is 0 Å². The Bertz CT molecular complexity index is 359. The highest BCUT2D eigenvalue weighted by Gasteiger charge is 2.32. The Hall–Kier alpha value is -0.860. The maximum Gasteiger partial charge on any atom is 0.0218 e. The SMILES string of the molecule is CCCCCCCCC(c1ccccc1)C(N)(CC)CC.O. The van der Waals surface area contributed by atoms with Gasteiger partial charge in [-0.15, -0.1) is 0 Å². The fourth-order valence-corrected chi connectivity index (χ4v) is 3.34. The van der Waals surface area contributed by atoms with Gasteiger partial charge >= 0.3 is 0 Å². The third-order valence-electron chi connectivity index (χ3n) is 5.06. The lowest BCUT2D eigenvalue weighted by molar-refractivity contribution is 0.300. The number of nitrogens with two attached hydrogens (primary N) is 1. The van der Waals surface area contributed by atoms with Crippen LogP contribution in [-0.4, -0.2) is 11.0 Å². The van der Waals surface area contributed by atoms with Crippen molar-refractivity contribution in [3.63, 3.8) is 0 Å². The Morgan fingerprint density at radius 2 is 1.41 bits per heavy atom. The maximum atomic E-state index is 6.74. The zero-order chi connectivity index (χ0) is 15.6. The van der Waals surface area contributed by atoms with Crippen molar-refractivity contribution < 1.29 is 5.48 Å². The quantitative estimate of drug-likeness (QED) is 0.560. The van der Waals surface area contributed by atoms with Gasteiger partial charge in [0.15, 0.2) is 0 Å². The molecule has 2 nitrogen and oxygen atoms in total. The molecule has 0 fully saturated rings. The minimum absolute atomic E-state index is 0. The lowest BCUT2D eigenvalue weighted by Gasteiger charge is -2.37. The fraction of sp³-hybridized carbons (Fsp3) is 0.700. The molecule has 1 atom stereocenters. The van der Waals surface area contributed by atoms with Gasteiger partial charge in [0, 0.05) is 11.5 Å². The molecule has 128 valence electrons. The molecule has 1 rings (SSSR count). The second kappa shape index (κ2) is 11.7. The van der Waals surface area contributed by atoms with Crippen LogP contribution in [0.2, 0.25) is 0 Å². The average Bonchev–Trinajstić information content (AvgIpc) is 2.54. The van der Waals surface area contributed by atoms with Gasteiger partial charge in [-0.25, -0.2) is 0 Å². The highest BCUT2D eigenvalue weighted by Crippen LogP contribution is 2.36. The lowest BCUT2D eigenvalue weighted by atomic mass is 9.73. The predicted molar refractivity (Wildman–Crippen MR) is 98.3 cm³/mol. The fourth-order valence-electron chi connectivity index (χ4n) is 3.34. The third kappa shape index (κ3) is 6.50. The summed E-state index contributed by atoms with van der Waals surface area (Å²) in [5, 5.41) is 0. The maximum absolute atomic E-state index is 6.74. The normalized spacial score (nSPS) is 12.7. The van der Waals surface area contributed by atoms with E-state index in [2.05, 4.69) is 51.1 Å². The monoisotopic (exact) mass is 307 g/mol. The van der Waals surface area contributed by atoms with E-state index in [0.717, 1.165) is 12.8 Å². The van der Waals surface area contributed by atoms with Gasteiger partial charge in [0.05, 0.1) is 0 Å². The minimum atomic E-state index is -0.0508. The minimum Gasteiger partial charge on any atom is -0.412 e. The molecule has 1 aromatic rings. The van der Waals surface area contributed by atoms with Gasteiger partial charge in [0.25, 0.3) is 0 Å². The number of hydrogen-bond acceptors (Lipinski definition) is 1. The standard InChI is InChI=1S/C20H35N.H2O/c1-4-7-8-9-10-14-17-19(20(21,5-2)6-3)18-15-12-11-13-16-18;/h11-13,15-16,19H,4-10,14,17,21H2,1-3H3;1H2. The molecule has 0 saturated heterocycles. The molecule has 22 heavy (non-hydrogen) atoms. The zero-order valence-corrected chi connectivity index (χ0v) is 14.9. The molecule has 0 aliphatic rings. The molecule has 2 heteroatoms. The van der Waals surface area contributed by atoms with Crippen LogP contribution in [0.3, 0.4) is 0 Å². The van der Waals surface area contributed by atoms with Crippen molar-refractivity contribution in [3.05, 3.63) is 35.9 Å². The number of unbranched alkanes of at least 4 members (excludes halogenated alkanes) is 5. The molecule has 0 radical (unpaired) electrons. The molecular formula is C20H37NO. The highest BCUT2D eigenvalue weighted by atomic mass is 16.0. The smallest absolute Gasteiger partial charge is 0.0218 e. The zero-order valence-electron chi connectivity index (χ0n) is 14.9. The molecule has 0 bridgehead atoms. The van der Waals surface area contributed by atoms with E-state index >= 15 is 0 Å². The van der Waals surface area contributed by atoms with E-state index < -0.39 is 0 Å². The Morgan fingerprint density at radius 1 is 0.864 bits per heavy atom. The van der Waals surface area contributed by atoms with E-state index in [1.807, 2.05) is 0 Å². The summed E-state index contributed by atoms with van der Waals surface area (Å²) < 4.78 is 0. The summed E-state index contributed by atoms with van der Waals surface area (Å²) in [6.07, 6.45) is 11.5. The van der Waals surface area contributed by atoms with Gasteiger partial charge in [0.2, 0.25) is 0 Å². The van der Waals surface area contributed by atoms with Crippen LogP contribution in [0.15, 0.2) is 30.3 Å². The van der Waals surface area contributed by atoms with Crippen molar-refractivity contribution in [2.24, 2.45) is 5.73 Å². The van der Waals surface area contributed by atoms with Crippen molar-refractivity contribution in [3.8, 4) is 0 Å². The topological polar surface area (TPSA) is 57.5 Å². The van der Waals surface area contributed by atoms with Crippen LogP contribution >= 0.6 is 0 Å². The van der Waals surface area contributed by atoms with Crippen LogP contribution in [0.25, 0.3) is 0 Å². The van der Waals surface area contributed by atoms with E-state index in [1.165, 1.54) is 50.5 Å². The third-order valence-corrected chi connectivity index (χ3v) is 5.06. The van der Waals surface area contributed by atoms with Gasteiger partial charge in [-0.3, -0.25) is 0 Å². The van der Waals surface area contributed by atoms with Gasteiger partial charge in [-0.2, -0.15) is 0 Å². The van der Waals surface area contributed by atoms with Crippen molar-refractivity contribution in [2.45, 2.75) is 90.0 Å². The van der Waals surface area contributed by atoms with Crippen LogP contribution < -0.4 is 5.73 Å². The lowest BCUT2D eigenvalue weighted by Crippen LogP contribution is -2.44. The van der Waals surface area contributed by atoms with Crippen molar-refractivity contribution in [1.82, 2.24) is 0 Å². The molecule has 0 aliphatic heterocycles. The summed E-state index contributed by atoms with van der Waals surface area (Å²) in [6.45, 7) is 6.75. The predicted octanol–water partition coefficient (Wildman–Crippen LogP) is 5.21. The summed E-state index contributed by atoms with van der Waals surface area (Å²) in [4.78, 5) is 0. The second-order valence-corrected chi connectivity index (χ2v) is 6.46. The van der Waals surface area contributed by atoms with E-state index in [1.54, 1.807) is 0 Å². The Morgan fingerprint density at radius 3 is 1.95 bits per heavy atom. The van der Waals surface area contributed by atoms with E-state index in [-0.39, 0.29) is 11.0 Å². The molecule has 0 spiro atoms. The Labute approximate surface area is 137 Å². The number of benzene rings is 1. The van der Waals surface area contributed by atoms with E-state index in [9.17, 15) is 0 Å². The van der Waals surface area contributed by atoms with E-state index in [4.69, 9.17) is 5.73 Å². The molecule has 0 amide bonds.